The molecule has 0 aromatic heterocycles. The zero-order chi connectivity index (χ0) is 7.84. The molecule has 0 atom stereocenters. The van der Waals surface area contributed by atoms with Crippen molar-refractivity contribution in [2.45, 2.75) is 13.2 Å². The molecular formula is C8H6BrFO. The Balaban J connectivity index is 2.60. The summed E-state index contributed by atoms with van der Waals surface area (Å²) in [5, 5.41) is 0. The Hall–Kier alpha value is -0.410. The van der Waals surface area contributed by atoms with Crippen LogP contribution in [0.3, 0.4) is 0 Å². The van der Waals surface area contributed by atoms with Gasteiger partial charge in [0, 0.05) is 10.0 Å². The minimum Gasteiger partial charge on any atom is -0.372 e. The Bertz CT molecular complexity index is 298. The van der Waals surface area contributed by atoms with E-state index in [4.69, 9.17) is 4.74 Å². The topological polar surface area (TPSA) is 9.23 Å². The summed E-state index contributed by atoms with van der Waals surface area (Å²) < 4.78 is 18.9. The number of fused-ring (bicyclic) bond motifs is 1. The van der Waals surface area contributed by atoms with Gasteiger partial charge in [0.05, 0.1) is 13.2 Å². The van der Waals surface area contributed by atoms with Crippen LogP contribution in [0, 0.1) is 5.82 Å². The molecule has 2 rings (SSSR count). The Labute approximate surface area is 72.3 Å². The third-order valence-electron chi connectivity index (χ3n) is 1.76. The average Bonchev–Trinajstić information content (AvgIpc) is 2.34. The molecule has 0 N–H and O–H groups in total. The summed E-state index contributed by atoms with van der Waals surface area (Å²) in [4.78, 5) is 0. The smallest absolute Gasteiger partial charge is 0.130 e. The van der Waals surface area contributed by atoms with Gasteiger partial charge in [0.25, 0.3) is 0 Å². The molecule has 0 saturated heterocycles. The number of rotatable bonds is 0. The number of ether oxygens (including phenoxy) is 1. The highest BCUT2D eigenvalue weighted by atomic mass is 79.9. The molecule has 3 heteroatoms. The summed E-state index contributed by atoms with van der Waals surface area (Å²) in [6.45, 7) is 0.945. The van der Waals surface area contributed by atoms with Gasteiger partial charge in [-0.2, -0.15) is 0 Å². The van der Waals surface area contributed by atoms with Gasteiger partial charge < -0.3 is 4.74 Å². The predicted molar refractivity (Wildman–Crippen MR) is 42.6 cm³/mol. The highest BCUT2D eigenvalue weighted by molar-refractivity contribution is 9.10. The molecular weight excluding hydrogens is 211 g/mol. The van der Waals surface area contributed by atoms with Crippen molar-refractivity contribution in [1.29, 1.82) is 0 Å². The third-order valence-corrected chi connectivity index (χ3v) is 2.21. The minimum atomic E-state index is -0.174. The fraction of sp³-hybridized carbons (Fsp3) is 0.250. The summed E-state index contributed by atoms with van der Waals surface area (Å²) in [7, 11) is 0. The van der Waals surface area contributed by atoms with Gasteiger partial charge >= 0.3 is 0 Å². The van der Waals surface area contributed by atoms with Gasteiger partial charge in [-0.3, -0.25) is 0 Å². The minimum absolute atomic E-state index is 0.174. The molecule has 58 valence electrons. The van der Waals surface area contributed by atoms with Crippen LogP contribution in [0.1, 0.15) is 11.1 Å². The normalized spacial score (nSPS) is 15.1. The van der Waals surface area contributed by atoms with E-state index < -0.39 is 0 Å². The van der Waals surface area contributed by atoms with Crippen molar-refractivity contribution in [3.05, 3.63) is 33.5 Å². The molecule has 0 saturated carbocycles. The summed E-state index contributed by atoms with van der Waals surface area (Å²) in [6.07, 6.45) is 0. The van der Waals surface area contributed by atoms with Gasteiger partial charge in [-0.25, -0.2) is 4.39 Å². The predicted octanol–water partition coefficient (Wildman–Crippen LogP) is 2.62. The van der Waals surface area contributed by atoms with Gasteiger partial charge in [-0.05, 0) is 17.7 Å². The average molecular weight is 217 g/mol. The lowest BCUT2D eigenvalue weighted by Gasteiger charge is -1.98. The fourth-order valence-corrected chi connectivity index (χ4v) is 1.69. The van der Waals surface area contributed by atoms with E-state index >= 15 is 0 Å². The van der Waals surface area contributed by atoms with Crippen molar-refractivity contribution in [2.24, 2.45) is 0 Å². The van der Waals surface area contributed by atoms with Gasteiger partial charge in [0.15, 0.2) is 0 Å². The SMILES string of the molecule is Fc1cc(Br)cc2c1COC2. The van der Waals surface area contributed by atoms with E-state index in [1.165, 1.54) is 6.07 Å². The third kappa shape index (κ3) is 1.19. The zero-order valence-corrected chi connectivity index (χ0v) is 7.32. The molecule has 1 aliphatic rings. The van der Waals surface area contributed by atoms with Crippen LogP contribution >= 0.6 is 15.9 Å². The van der Waals surface area contributed by atoms with E-state index in [0.29, 0.717) is 18.8 Å². The van der Waals surface area contributed by atoms with E-state index in [0.717, 1.165) is 10.0 Å². The second-order valence-corrected chi connectivity index (χ2v) is 3.43. The van der Waals surface area contributed by atoms with Crippen LogP contribution in [0.15, 0.2) is 16.6 Å². The summed E-state index contributed by atoms with van der Waals surface area (Å²) in [6, 6.07) is 3.36. The van der Waals surface area contributed by atoms with E-state index in [-0.39, 0.29) is 5.82 Å². The highest BCUT2D eigenvalue weighted by Crippen LogP contribution is 2.26. The van der Waals surface area contributed by atoms with E-state index in [9.17, 15) is 4.39 Å². The summed E-state index contributed by atoms with van der Waals surface area (Å²) in [5.74, 6) is -0.174. The first-order valence-electron chi connectivity index (χ1n) is 3.32. The maximum atomic E-state index is 13.0. The van der Waals surface area contributed by atoms with Crippen molar-refractivity contribution in [1.82, 2.24) is 0 Å². The second kappa shape index (κ2) is 2.57. The molecule has 11 heavy (non-hydrogen) atoms. The second-order valence-electron chi connectivity index (χ2n) is 2.52. The van der Waals surface area contributed by atoms with Crippen LogP contribution < -0.4 is 0 Å². The lowest BCUT2D eigenvalue weighted by atomic mass is 10.1. The van der Waals surface area contributed by atoms with Crippen LogP contribution in [-0.4, -0.2) is 0 Å². The van der Waals surface area contributed by atoms with Gasteiger partial charge in [0.2, 0.25) is 0 Å². The fourth-order valence-electron chi connectivity index (χ4n) is 1.21. The standard InChI is InChI=1S/C8H6BrFO/c9-6-1-5-3-11-4-7(5)8(10)2-6/h1-2H,3-4H2. The van der Waals surface area contributed by atoms with Crippen LogP contribution in [0.25, 0.3) is 0 Å². The molecule has 1 aromatic rings. The van der Waals surface area contributed by atoms with Gasteiger partial charge in [-0.15, -0.1) is 0 Å². The summed E-state index contributed by atoms with van der Waals surface area (Å²) in [5.41, 5.74) is 1.66. The monoisotopic (exact) mass is 216 g/mol. The Morgan fingerprint density at radius 2 is 2.18 bits per heavy atom. The molecule has 0 fully saturated rings. The lowest BCUT2D eigenvalue weighted by molar-refractivity contribution is 0.133. The first-order valence-corrected chi connectivity index (χ1v) is 4.11. The summed E-state index contributed by atoms with van der Waals surface area (Å²) >= 11 is 3.22. The quantitative estimate of drug-likeness (QED) is 0.648. The van der Waals surface area contributed by atoms with E-state index in [2.05, 4.69) is 15.9 Å². The maximum Gasteiger partial charge on any atom is 0.130 e. The molecule has 0 amide bonds. The van der Waals surface area contributed by atoms with Gasteiger partial charge in [-0.1, -0.05) is 15.9 Å². The van der Waals surface area contributed by atoms with Crippen LogP contribution in [0.2, 0.25) is 0 Å². The molecule has 0 aliphatic carbocycles. The Morgan fingerprint density at radius 1 is 1.36 bits per heavy atom. The molecule has 0 spiro atoms. The molecule has 0 radical (unpaired) electrons. The Morgan fingerprint density at radius 3 is 3.00 bits per heavy atom. The van der Waals surface area contributed by atoms with Gasteiger partial charge in [0.1, 0.15) is 5.82 Å². The number of hydrogen-bond donors (Lipinski definition) is 0. The highest BCUT2D eigenvalue weighted by Gasteiger charge is 2.15. The number of benzene rings is 1. The van der Waals surface area contributed by atoms with Crippen molar-refractivity contribution in [2.75, 3.05) is 0 Å². The molecule has 1 nitrogen and oxygen atoms in total. The van der Waals surface area contributed by atoms with Crippen molar-refractivity contribution < 1.29 is 9.13 Å². The van der Waals surface area contributed by atoms with Crippen molar-refractivity contribution in [3.63, 3.8) is 0 Å². The van der Waals surface area contributed by atoms with Crippen LogP contribution in [0.4, 0.5) is 4.39 Å². The first kappa shape index (κ1) is 7.25. The van der Waals surface area contributed by atoms with Crippen LogP contribution in [0.5, 0.6) is 0 Å². The molecule has 1 heterocycles. The maximum absolute atomic E-state index is 13.0. The number of halogens is 2. The van der Waals surface area contributed by atoms with Crippen molar-refractivity contribution >= 4 is 15.9 Å². The molecule has 0 bridgehead atoms. The first-order chi connectivity index (χ1) is 5.27. The van der Waals surface area contributed by atoms with Crippen molar-refractivity contribution in [3.8, 4) is 0 Å². The molecule has 1 aliphatic heterocycles. The Kier molecular flexibility index (Phi) is 1.69. The largest absolute Gasteiger partial charge is 0.372 e. The van der Waals surface area contributed by atoms with E-state index in [1.807, 2.05) is 6.07 Å². The van der Waals surface area contributed by atoms with Crippen LogP contribution in [-0.2, 0) is 18.0 Å². The molecule has 0 unspecified atom stereocenters. The number of hydrogen-bond acceptors (Lipinski definition) is 1. The zero-order valence-electron chi connectivity index (χ0n) is 5.73. The lowest BCUT2D eigenvalue weighted by Crippen LogP contribution is -1.87. The van der Waals surface area contributed by atoms with E-state index in [1.54, 1.807) is 0 Å². The molecule has 1 aromatic carbocycles.